The number of aliphatic hydroxyl groups is 1. The minimum absolute atomic E-state index is 0.0269. The zero-order valence-corrected chi connectivity index (χ0v) is 13.3. The van der Waals surface area contributed by atoms with Crippen LogP contribution in [0.3, 0.4) is 0 Å². The molecule has 6 nitrogen and oxygen atoms in total. The number of rotatable bonds is 8. The highest BCUT2D eigenvalue weighted by molar-refractivity contribution is 7.99. The molecule has 1 aliphatic carbocycles. The minimum atomic E-state index is -0.0515. The molecule has 2 unspecified atom stereocenters. The van der Waals surface area contributed by atoms with Crippen LogP contribution in [0.1, 0.15) is 25.8 Å². The maximum absolute atomic E-state index is 11.9. The van der Waals surface area contributed by atoms with Gasteiger partial charge in [0.2, 0.25) is 5.91 Å². The van der Waals surface area contributed by atoms with Crippen molar-refractivity contribution in [3.63, 3.8) is 0 Å². The highest BCUT2D eigenvalue weighted by Gasteiger charge is 2.26. The van der Waals surface area contributed by atoms with Crippen LogP contribution in [0.15, 0.2) is 11.5 Å². The number of carbonyl (C=O) groups excluding carboxylic acids is 1. The summed E-state index contributed by atoms with van der Waals surface area (Å²) < 4.78 is 2.04. The Balaban J connectivity index is 1.78. The van der Waals surface area contributed by atoms with E-state index >= 15 is 0 Å². The van der Waals surface area contributed by atoms with Crippen molar-refractivity contribution in [2.24, 2.45) is 0 Å². The first-order valence-corrected chi connectivity index (χ1v) is 8.88. The molecule has 0 bridgehead atoms. The molecule has 1 aromatic rings. The Bertz CT molecular complexity index is 446. The average Bonchev–Trinajstić information content (AvgIpc) is 3.16. The normalized spacial score (nSPS) is 17.8. The van der Waals surface area contributed by atoms with E-state index in [-0.39, 0.29) is 23.8 Å². The van der Waals surface area contributed by atoms with Crippen molar-refractivity contribution in [3.05, 3.63) is 6.33 Å². The third kappa shape index (κ3) is 4.13. The highest BCUT2D eigenvalue weighted by atomic mass is 32.2. The maximum Gasteiger partial charge on any atom is 0.230 e. The molecule has 0 spiro atoms. The van der Waals surface area contributed by atoms with Gasteiger partial charge in [-0.15, -0.1) is 10.2 Å². The fourth-order valence-electron chi connectivity index (χ4n) is 1.89. The highest BCUT2D eigenvalue weighted by Crippen LogP contribution is 2.37. The van der Waals surface area contributed by atoms with Gasteiger partial charge < -0.3 is 15.0 Å². The molecule has 112 valence electrons. The standard InChI is InChI=1S/C12H20N4O2S2/c1-8(10(5-17)19-2)14-11(18)6-20-12-15-13-7-16(12)9-3-4-9/h7-10,17H,3-6H2,1-2H3,(H,14,18). The molecular weight excluding hydrogens is 296 g/mol. The first kappa shape index (κ1) is 15.7. The molecule has 1 saturated carbocycles. The van der Waals surface area contributed by atoms with Crippen LogP contribution in [0, 0.1) is 0 Å². The molecule has 1 aliphatic rings. The van der Waals surface area contributed by atoms with Gasteiger partial charge >= 0.3 is 0 Å². The summed E-state index contributed by atoms with van der Waals surface area (Å²) in [5.74, 6) is 0.280. The van der Waals surface area contributed by atoms with Crippen molar-refractivity contribution in [2.75, 3.05) is 18.6 Å². The Morgan fingerprint density at radius 3 is 3.00 bits per heavy atom. The molecule has 2 atom stereocenters. The molecule has 1 amide bonds. The first-order chi connectivity index (χ1) is 9.65. The minimum Gasteiger partial charge on any atom is -0.395 e. The second-order valence-electron chi connectivity index (χ2n) is 4.85. The van der Waals surface area contributed by atoms with E-state index in [1.807, 2.05) is 17.7 Å². The number of hydrogen-bond donors (Lipinski definition) is 2. The van der Waals surface area contributed by atoms with E-state index in [1.165, 1.54) is 24.6 Å². The van der Waals surface area contributed by atoms with E-state index in [9.17, 15) is 9.90 Å². The van der Waals surface area contributed by atoms with Crippen LogP contribution < -0.4 is 5.32 Å². The van der Waals surface area contributed by atoms with Crippen molar-refractivity contribution in [2.45, 2.75) is 42.3 Å². The molecule has 20 heavy (non-hydrogen) atoms. The Morgan fingerprint density at radius 2 is 2.40 bits per heavy atom. The Morgan fingerprint density at radius 1 is 1.65 bits per heavy atom. The number of aromatic nitrogens is 3. The molecule has 1 heterocycles. The fraction of sp³-hybridized carbons (Fsp3) is 0.750. The van der Waals surface area contributed by atoms with Gasteiger partial charge in [0.25, 0.3) is 0 Å². The van der Waals surface area contributed by atoms with Crippen molar-refractivity contribution >= 4 is 29.4 Å². The predicted molar refractivity (Wildman–Crippen MR) is 81.0 cm³/mol. The maximum atomic E-state index is 11.9. The quantitative estimate of drug-likeness (QED) is 0.695. The lowest BCUT2D eigenvalue weighted by Gasteiger charge is -2.21. The van der Waals surface area contributed by atoms with Gasteiger partial charge in [0.1, 0.15) is 6.33 Å². The van der Waals surface area contributed by atoms with E-state index in [2.05, 4.69) is 15.5 Å². The molecule has 0 aromatic carbocycles. The smallest absolute Gasteiger partial charge is 0.230 e. The summed E-state index contributed by atoms with van der Waals surface area (Å²) in [4.78, 5) is 11.9. The van der Waals surface area contributed by atoms with Gasteiger partial charge in [-0.3, -0.25) is 4.79 Å². The SMILES string of the molecule is CSC(CO)C(C)NC(=O)CSc1nncn1C1CC1. The van der Waals surface area contributed by atoms with Gasteiger partial charge in [0.05, 0.1) is 12.4 Å². The van der Waals surface area contributed by atoms with E-state index in [4.69, 9.17) is 0 Å². The number of nitrogens with one attached hydrogen (secondary N) is 1. The second-order valence-corrected chi connectivity index (χ2v) is 6.87. The van der Waals surface area contributed by atoms with Crippen LogP contribution in [-0.2, 0) is 4.79 Å². The van der Waals surface area contributed by atoms with Gasteiger partial charge in [-0.2, -0.15) is 11.8 Å². The Hall–Kier alpha value is -0.730. The number of amides is 1. The molecule has 2 N–H and O–H groups in total. The number of thioether (sulfide) groups is 2. The number of carbonyl (C=O) groups is 1. The van der Waals surface area contributed by atoms with Crippen molar-refractivity contribution in [1.29, 1.82) is 0 Å². The molecule has 1 aromatic heterocycles. The summed E-state index contributed by atoms with van der Waals surface area (Å²) in [6.07, 6.45) is 5.99. The topological polar surface area (TPSA) is 80.0 Å². The molecule has 1 fully saturated rings. The second kappa shape index (κ2) is 7.33. The average molecular weight is 316 g/mol. The zero-order chi connectivity index (χ0) is 14.5. The number of nitrogens with zero attached hydrogens (tertiary/aromatic N) is 3. The van der Waals surface area contributed by atoms with Crippen molar-refractivity contribution < 1.29 is 9.90 Å². The lowest BCUT2D eigenvalue weighted by Crippen LogP contribution is -2.42. The van der Waals surface area contributed by atoms with Gasteiger partial charge in [0.15, 0.2) is 5.16 Å². The summed E-state index contributed by atoms with van der Waals surface area (Å²) in [7, 11) is 0. The van der Waals surface area contributed by atoms with E-state index < -0.39 is 0 Å². The van der Waals surface area contributed by atoms with Crippen LogP contribution >= 0.6 is 23.5 Å². The predicted octanol–water partition coefficient (Wildman–Crippen LogP) is 0.934. The van der Waals surface area contributed by atoms with Crippen LogP contribution in [0.25, 0.3) is 0 Å². The number of hydrogen-bond acceptors (Lipinski definition) is 6. The van der Waals surface area contributed by atoms with E-state index in [0.29, 0.717) is 11.8 Å². The summed E-state index contributed by atoms with van der Waals surface area (Å²) in [5, 5.41) is 20.9. The lowest BCUT2D eigenvalue weighted by molar-refractivity contribution is -0.119. The van der Waals surface area contributed by atoms with E-state index in [0.717, 1.165) is 5.16 Å². The molecule has 0 aliphatic heterocycles. The first-order valence-electron chi connectivity index (χ1n) is 6.61. The number of aliphatic hydroxyl groups excluding tert-OH is 1. The lowest BCUT2D eigenvalue weighted by atomic mass is 10.2. The zero-order valence-electron chi connectivity index (χ0n) is 11.7. The van der Waals surface area contributed by atoms with Crippen LogP contribution in [-0.4, -0.2) is 55.7 Å². The summed E-state index contributed by atoms with van der Waals surface area (Å²) in [6, 6.07) is 0.467. The van der Waals surface area contributed by atoms with Gasteiger partial charge in [0, 0.05) is 17.3 Å². The molecule has 0 saturated heterocycles. The third-order valence-electron chi connectivity index (χ3n) is 3.24. The van der Waals surface area contributed by atoms with Crippen molar-refractivity contribution in [1.82, 2.24) is 20.1 Å². The fourth-order valence-corrected chi connectivity index (χ4v) is 3.31. The molecule has 8 heteroatoms. The van der Waals surface area contributed by atoms with Crippen LogP contribution in [0.2, 0.25) is 0 Å². The Kier molecular flexibility index (Phi) is 5.74. The Labute approximate surface area is 127 Å². The largest absolute Gasteiger partial charge is 0.395 e. The molecule has 2 rings (SSSR count). The molecular formula is C12H20N4O2S2. The van der Waals surface area contributed by atoms with Gasteiger partial charge in [-0.25, -0.2) is 0 Å². The van der Waals surface area contributed by atoms with E-state index in [1.54, 1.807) is 18.1 Å². The monoisotopic (exact) mass is 316 g/mol. The molecule has 0 radical (unpaired) electrons. The van der Waals surface area contributed by atoms with Gasteiger partial charge in [-0.05, 0) is 26.0 Å². The van der Waals surface area contributed by atoms with Crippen LogP contribution in [0.4, 0.5) is 0 Å². The van der Waals surface area contributed by atoms with Gasteiger partial charge in [-0.1, -0.05) is 11.8 Å². The third-order valence-corrected chi connectivity index (χ3v) is 5.36. The summed E-state index contributed by atoms with van der Waals surface area (Å²) in [5.41, 5.74) is 0. The van der Waals surface area contributed by atoms with Crippen LogP contribution in [0.5, 0.6) is 0 Å². The summed E-state index contributed by atoms with van der Waals surface area (Å²) >= 11 is 2.96. The van der Waals surface area contributed by atoms with Crippen molar-refractivity contribution in [3.8, 4) is 0 Å². The summed E-state index contributed by atoms with van der Waals surface area (Å²) in [6.45, 7) is 1.97.